The largest absolute Gasteiger partial charge is 0.356 e. The molecule has 18 heavy (non-hydrogen) atoms. The predicted octanol–water partition coefficient (Wildman–Crippen LogP) is -0.431. The fourth-order valence-corrected chi connectivity index (χ4v) is 2.12. The Balaban J connectivity index is 1.54. The molecule has 0 unspecified atom stereocenters. The van der Waals surface area contributed by atoms with Crippen LogP contribution in [0.3, 0.4) is 0 Å². The van der Waals surface area contributed by atoms with Crippen LogP contribution in [0.2, 0.25) is 0 Å². The molecule has 0 aromatic carbocycles. The number of carbonyl (C=O) groups excluding carboxylic acids is 1. The Hall–Kier alpha value is -1.50. The van der Waals surface area contributed by atoms with E-state index in [0.717, 1.165) is 38.9 Å². The second-order valence-corrected chi connectivity index (χ2v) is 4.67. The third-order valence-corrected chi connectivity index (χ3v) is 3.23. The van der Waals surface area contributed by atoms with Crippen molar-refractivity contribution in [1.82, 2.24) is 30.8 Å². The SMILES string of the molecule is O=C(CCCn1cnnn1)NCC1CCNCC1. The summed E-state index contributed by atoms with van der Waals surface area (Å²) in [5, 5.41) is 17.2. The molecule has 0 aliphatic carbocycles. The maximum Gasteiger partial charge on any atom is 0.220 e. The molecule has 1 saturated heterocycles. The van der Waals surface area contributed by atoms with Gasteiger partial charge in [-0.2, -0.15) is 0 Å². The summed E-state index contributed by atoms with van der Waals surface area (Å²) in [7, 11) is 0. The number of carbonyl (C=O) groups is 1. The third-order valence-electron chi connectivity index (χ3n) is 3.23. The molecular weight excluding hydrogens is 232 g/mol. The number of piperidine rings is 1. The number of tetrazole rings is 1. The van der Waals surface area contributed by atoms with Gasteiger partial charge in [0.1, 0.15) is 6.33 Å². The van der Waals surface area contributed by atoms with Gasteiger partial charge < -0.3 is 10.6 Å². The van der Waals surface area contributed by atoms with Crippen LogP contribution in [-0.2, 0) is 11.3 Å². The Morgan fingerprint density at radius 1 is 1.44 bits per heavy atom. The molecule has 2 N–H and O–H groups in total. The summed E-state index contributed by atoms with van der Waals surface area (Å²) in [6, 6.07) is 0. The van der Waals surface area contributed by atoms with Crippen LogP contribution in [0.15, 0.2) is 6.33 Å². The topological polar surface area (TPSA) is 84.7 Å². The number of nitrogens with one attached hydrogen (secondary N) is 2. The zero-order chi connectivity index (χ0) is 12.6. The van der Waals surface area contributed by atoms with Gasteiger partial charge in [0.15, 0.2) is 0 Å². The molecular formula is C11H20N6O. The Labute approximate surface area is 106 Å². The molecule has 1 amide bonds. The molecule has 0 saturated carbocycles. The molecule has 2 heterocycles. The third kappa shape index (κ3) is 4.40. The smallest absolute Gasteiger partial charge is 0.220 e. The standard InChI is InChI=1S/C11H20N6O/c18-11(2-1-7-17-9-14-15-16-17)13-8-10-3-5-12-6-4-10/h9-10,12H,1-8H2,(H,13,18). The van der Waals surface area contributed by atoms with Crippen molar-refractivity contribution in [2.75, 3.05) is 19.6 Å². The molecule has 1 aliphatic heterocycles. The normalized spacial score (nSPS) is 16.7. The van der Waals surface area contributed by atoms with E-state index in [1.165, 1.54) is 0 Å². The molecule has 1 aromatic heterocycles. The monoisotopic (exact) mass is 252 g/mol. The van der Waals surface area contributed by atoms with Gasteiger partial charge in [0.05, 0.1) is 0 Å². The van der Waals surface area contributed by atoms with Crippen LogP contribution < -0.4 is 10.6 Å². The summed E-state index contributed by atoms with van der Waals surface area (Å²) in [6.07, 6.45) is 5.18. The van der Waals surface area contributed by atoms with Crippen molar-refractivity contribution in [3.05, 3.63) is 6.33 Å². The number of aromatic nitrogens is 4. The molecule has 1 aromatic rings. The molecule has 0 radical (unpaired) electrons. The second kappa shape index (κ2) is 7.05. The van der Waals surface area contributed by atoms with E-state index in [1.54, 1.807) is 11.0 Å². The minimum Gasteiger partial charge on any atom is -0.356 e. The van der Waals surface area contributed by atoms with Gasteiger partial charge in [0, 0.05) is 19.5 Å². The zero-order valence-electron chi connectivity index (χ0n) is 10.5. The van der Waals surface area contributed by atoms with E-state index >= 15 is 0 Å². The highest BCUT2D eigenvalue weighted by molar-refractivity contribution is 5.75. The van der Waals surface area contributed by atoms with Gasteiger partial charge in [-0.15, -0.1) is 5.10 Å². The molecule has 100 valence electrons. The molecule has 1 fully saturated rings. The van der Waals surface area contributed by atoms with Crippen molar-refractivity contribution in [2.24, 2.45) is 5.92 Å². The van der Waals surface area contributed by atoms with E-state index in [9.17, 15) is 4.79 Å². The van der Waals surface area contributed by atoms with Crippen LogP contribution in [0.1, 0.15) is 25.7 Å². The number of hydrogen-bond acceptors (Lipinski definition) is 5. The van der Waals surface area contributed by atoms with Crippen LogP contribution in [0, 0.1) is 5.92 Å². The summed E-state index contributed by atoms with van der Waals surface area (Å²) in [4.78, 5) is 11.6. The quantitative estimate of drug-likeness (QED) is 0.717. The fraction of sp³-hybridized carbons (Fsp3) is 0.818. The second-order valence-electron chi connectivity index (χ2n) is 4.67. The van der Waals surface area contributed by atoms with Crippen molar-refractivity contribution in [3.8, 4) is 0 Å². The van der Waals surface area contributed by atoms with Crippen LogP contribution in [0.25, 0.3) is 0 Å². The van der Waals surface area contributed by atoms with Crippen molar-refractivity contribution in [3.63, 3.8) is 0 Å². The number of aryl methyl sites for hydroxylation is 1. The van der Waals surface area contributed by atoms with Crippen molar-refractivity contribution < 1.29 is 4.79 Å². The maximum absolute atomic E-state index is 11.6. The van der Waals surface area contributed by atoms with Gasteiger partial charge in [-0.3, -0.25) is 4.79 Å². The van der Waals surface area contributed by atoms with Crippen molar-refractivity contribution >= 4 is 5.91 Å². The first-order valence-corrected chi connectivity index (χ1v) is 6.53. The van der Waals surface area contributed by atoms with Gasteiger partial charge in [-0.1, -0.05) is 0 Å². The minimum absolute atomic E-state index is 0.126. The van der Waals surface area contributed by atoms with E-state index in [1.807, 2.05) is 0 Å². The Morgan fingerprint density at radius 2 is 2.28 bits per heavy atom. The highest BCUT2D eigenvalue weighted by Gasteiger charge is 2.13. The first-order valence-electron chi connectivity index (χ1n) is 6.53. The Morgan fingerprint density at radius 3 is 3.00 bits per heavy atom. The lowest BCUT2D eigenvalue weighted by molar-refractivity contribution is -0.121. The number of nitrogens with zero attached hydrogens (tertiary/aromatic N) is 4. The van der Waals surface area contributed by atoms with E-state index in [2.05, 4.69) is 26.2 Å². The molecule has 7 nitrogen and oxygen atoms in total. The Bertz CT molecular complexity index is 346. The highest BCUT2D eigenvalue weighted by atomic mass is 16.1. The first kappa shape index (κ1) is 12.9. The average molecular weight is 252 g/mol. The molecule has 0 atom stereocenters. The van der Waals surface area contributed by atoms with Gasteiger partial charge in [-0.05, 0) is 48.7 Å². The number of hydrogen-bond donors (Lipinski definition) is 2. The summed E-state index contributed by atoms with van der Waals surface area (Å²) in [5.74, 6) is 0.760. The molecule has 0 spiro atoms. The fourth-order valence-electron chi connectivity index (χ4n) is 2.12. The molecule has 2 rings (SSSR count). The van der Waals surface area contributed by atoms with Gasteiger partial charge in [0.25, 0.3) is 0 Å². The van der Waals surface area contributed by atoms with Gasteiger partial charge >= 0.3 is 0 Å². The highest BCUT2D eigenvalue weighted by Crippen LogP contribution is 2.09. The summed E-state index contributed by atoms with van der Waals surface area (Å²) >= 11 is 0. The predicted molar refractivity (Wildman–Crippen MR) is 65.7 cm³/mol. The van der Waals surface area contributed by atoms with Gasteiger partial charge in [-0.25, -0.2) is 4.68 Å². The average Bonchev–Trinajstić information content (AvgIpc) is 2.91. The lowest BCUT2D eigenvalue weighted by atomic mass is 9.98. The van der Waals surface area contributed by atoms with Gasteiger partial charge in [0.2, 0.25) is 5.91 Å². The number of rotatable bonds is 6. The van der Waals surface area contributed by atoms with E-state index in [-0.39, 0.29) is 5.91 Å². The summed E-state index contributed by atoms with van der Waals surface area (Å²) in [6.45, 7) is 3.64. The Kier molecular flexibility index (Phi) is 5.07. The summed E-state index contributed by atoms with van der Waals surface area (Å²) in [5.41, 5.74) is 0. The first-order chi connectivity index (χ1) is 8.84. The number of amides is 1. The van der Waals surface area contributed by atoms with Crippen LogP contribution in [0.4, 0.5) is 0 Å². The van der Waals surface area contributed by atoms with E-state index < -0.39 is 0 Å². The molecule has 0 bridgehead atoms. The zero-order valence-corrected chi connectivity index (χ0v) is 10.5. The summed E-state index contributed by atoms with van der Waals surface area (Å²) < 4.78 is 1.64. The van der Waals surface area contributed by atoms with Crippen LogP contribution >= 0.6 is 0 Å². The van der Waals surface area contributed by atoms with E-state index in [4.69, 9.17) is 0 Å². The minimum atomic E-state index is 0.126. The molecule has 1 aliphatic rings. The maximum atomic E-state index is 11.6. The lowest BCUT2D eigenvalue weighted by Crippen LogP contribution is -2.35. The van der Waals surface area contributed by atoms with Crippen LogP contribution in [-0.4, -0.2) is 45.7 Å². The van der Waals surface area contributed by atoms with Crippen LogP contribution in [0.5, 0.6) is 0 Å². The lowest BCUT2D eigenvalue weighted by Gasteiger charge is -2.22. The molecule has 7 heteroatoms. The van der Waals surface area contributed by atoms with Crippen molar-refractivity contribution in [1.29, 1.82) is 0 Å². The van der Waals surface area contributed by atoms with E-state index in [0.29, 0.717) is 18.9 Å². The van der Waals surface area contributed by atoms with Crippen molar-refractivity contribution in [2.45, 2.75) is 32.2 Å².